The quantitative estimate of drug-likeness (QED) is 0.856. The van der Waals surface area contributed by atoms with Crippen molar-refractivity contribution in [3.05, 3.63) is 30.3 Å². The van der Waals surface area contributed by atoms with Crippen molar-refractivity contribution in [3.8, 4) is 5.75 Å². The van der Waals surface area contributed by atoms with Crippen LogP contribution in [0, 0.1) is 0 Å². The number of para-hydroxylation sites is 1. The molecule has 1 aliphatic carbocycles. The van der Waals surface area contributed by atoms with Crippen LogP contribution in [0.1, 0.15) is 32.1 Å². The Morgan fingerprint density at radius 2 is 1.89 bits per heavy atom. The molecule has 1 saturated carbocycles. The van der Waals surface area contributed by atoms with E-state index >= 15 is 0 Å². The number of ether oxygens (including phenoxy) is 1. The molecule has 2 rings (SSSR count). The van der Waals surface area contributed by atoms with E-state index in [-0.39, 0.29) is 0 Å². The summed E-state index contributed by atoms with van der Waals surface area (Å²) in [5, 5.41) is 10.0. The van der Waals surface area contributed by atoms with E-state index in [9.17, 15) is 5.11 Å². The lowest BCUT2D eigenvalue weighted by Crippen LogP contribution is -2.40. The van der Waals surface area contributed by atoms with Gasteiger partial charge in [0.2, 0.25) is 0 Å². The highest BCUT2D eigenvalue weighted by Gasteiger charge is 2.20. The molecule has 1 fully saturated rings. The average Bonchev–Trinajstić information content (AvgIpc) is 2.47. The smallest absolute Gasteiger partial charge is 0.119 e. The number of hydrogen-bond donors (Lipinski definition) is 1. The van der Waals surface area contributed by atoms with Crippen molar-refractivity contribution in [3.63, 3.8) is 0 Å². The van der Waals surface area contributed by atoms with Gasteiger partial charge in [-0.15, -0.1) is 0 Å². The summed E-state index contributed by atoms with van der Waals surface area (Å²) in [6.45, 7) is 1.05. The molecule has 1 atom stereocenters. The fourth-order valence-corrected chi connectivity index (χ4v) is 2.77. The minimum Gasteiger partial charge on any atom is -0.491 e. The maximum absolute atomic E-state index is 10.0. The normalized spacial score (nSPS) is 18.5. The summed E-state index contributed by atoms with van der Waals surface area (Å²) in [7, 11) is 2.11. The molecule has 1 N–H and O–H groups in total. The van der Waals surface area contributed by atoms with Crippen LogP contribution in [0.3, 0.4) is 0 Å². The molecular formula is C16H25NO2. The lowest BCUT2D eigenvalue weighted by molar-refractivity contribution is 0.0561. The van der Waals surface area contributed by atoms with E-state index in [1.807, 2.05) is 30.3 Å². The van der Waals surface area contributed by atoms with Crippen molar-refractivity contribution in [2.75, 3.05) is 20.2 Å². The minimum absolute atomic E-state index is 0.362. The van der Waals surface area contributed by atoms with Gasteiger partial charge >= 0.3 is 0 Å². The van der Waals surface area contributed by atoms with Crippen molar-refractivity contribution in [1.82, 2.24) is 4.90 Å². The predicted octanol–water partition coefficient (Wildman–Crippen LogP) is 2.69. The maximum Gasteiger partial charge on any atom is 0.119 e. The minimum atomic E-state index is -0.424. The molecule has 0 bridgehead atoms. The van der Waals surface area contributed by atoms with Crippen molar-refractivity contribution in [2.24, 2.45) is 0 Å². The van der Waals surface area contributed by atoms with Crippen molar-refractivity contribution in [2.45, 2.75) is 44.2 Å². The Morgan fingerprint density at radius 3 is 2.58 bits per heavy atom. The summed E-state index contributed by atoms with van der Waals surface area (Å²) in [4.78, 5) is 2.29. The van der Waals surface area contributed by atoms with Crippen LogP contribution in [0.4, 0.5) is 0 Å². The highest BCUT2D eigenvalue weighted by atomic mass is 16.5. The summed E-state index contributed by atoms with van der Waals surface area (Å²) in [5.41, 5.74) is 0. The van der Waals surface area contributed by atoms with Crippen LogP contribution < -0.4 is 4.74 Å². The van der Waals surface area contributed by atoms with Gasteiger partial charge in [0.25, 0.3) is 0 Å². The first kappa shape index (κ1) is 14.4. The first-order chi connectivity index (χ1) is 9.25. The molecule has 0 amide bonds. The fourth-order valence-electron chi connectivity index (χ4n) is 2.77. The molecule has 0 unspecified atom stereocenters. The lowest BCUT2D eigenvalue weighted by atomic mass is 9.94. The van der Waals surface area contributed by atoms with Crippen LogP contribution in [-0.4, -0.2) is 42.4 Å². The number of aliphatic hydroxyl groups excluding tert-OH is 1. The zero-order valence-electron chi connectivity index (χ0n) is 11.8. The first-order valence-electron chi connectivity index (χ1n) is 7.32. The van der Waals surface area contributed by atoms with Crippen molar-refractivity contribution >= 4 is 0 Å². The molecule has 1 aliphatic rings. The Morgan fingerprint density at radius 1 is 1.21 bits per heavy atom. The first-order valence-corrected chi connectivity index (χ1v) is 7.32. The molecule has 106 valence electrons. The van der Waals surface area contributed by atoms with Crippen LogP contribution in [0.15, 0.2) is 30.3 Å². The zero-order valence-corrected chi connectivity index (χ0v) is 11.8. The molecular weight excluding hydrogens is 238 g/mol. The van der Waals surface area contributed by atoms with E-state index in [0.717, 1.165) is 5.75 Å². The number of hydrogen-bond acceptors (Lipinski definition) is 3. The topological polar surface area (TPSA) is 32.7 Å². The van der Waals surface area contributed by atoms with Gasteiger partial charge in [-0.3, -0.25) is 0 Å². The number of likely N-dealkylation sites (N-methyl/N-ethyl adjacent to an activating group) is 1. The van der Waals surface area contributed by atoms with E-state index in [4.69, 9.17) is 4.74 Å². The molecule has 3 heteroatoms. The molecule has 0 spiro atoms. The van der Waals surface area contributed by atoms with Crippen LogP contribution in [0.2, 0.25) is 0 Å². The van der Waals surface area contributed by atoms with Gasteiger partial charge in [-0.05, 0) is 32.0 Å². The fraction of sp³-hybridized carbons (Fsp3) is 0.625. The van der Waals surface area contributed by atoms with Crippen LogP contribution >= 0.6 is 0 Å². The van der Waals surface area contributed by atoms with E-state index in [1.165, 1.54) is 32.1 Å². The molecule has 1 aromatic carbocycles. The molecule has 19 heavy (non-hydrogen) atoms. The third-order valence-corrected chi connectivity index (χ3v) is 3.88. The van der Waals surface area contributed by atoms with Gasteiger partial charge < -0.3 is 14.7 Å². The molecule has 3 nitrogen and oxygen atoms in total. The molecule has 0 aliphatic heterocycles. The van der Waals surface area contributed by atoms with Crippen LogP contribution in [0.5, 0.6) is 5.75 Å². The summed E-state index contributed by atoms with van der Waals surface area (Å²) in [6, 6.07) is 10.3. The van der Waals surface area contributed by atoms with Gasteiger partial charge in [-0.1, -0.05) is 37.5 Å². The summed E-state index contributed by atoms with van der Waals surface area (Å²) >= 11 is 0. The molecule has 0 heterocycles. The van der Waals surface area contributed by atoms with Gasteiger partial charge in [-0.25, -0.2) is 0 Å². The van der Waals surface area contributed by atoms with Crippen molar-refractivity contribution < 1.29 is 9.84 Å². The number of rotatable bonds is 6. The van der Waals surface area contributed by atoms with E-state index in [2.05, 4.69) is 11.9 Å². The van der Waals surface area contributed by atoms with Gasteiger partial charge in [0.15, 0.2) is 0 Å². The Bertz CT molecular complexity index is 349. The second-order valence-corrected chi connectivity index (χ2v) is 5.51. The second-order valence-electron chi connectivity index (χ2n) is 5.51. The zero-order chi connectivity index (χ0) is 13.5. The largest absolute Gasteiger partial charge is 0.491 e. The molecule has 0 radical (unpaired) electrons. The standard InChI is InChI=1S/C16H25NO2/c1-17(14-8-4-2-5-9-14)12-15(18)13-19-16-10-6-3-7-11-16/h3,6-7,10-11,14-15,18H,2,4-5,8-9,12-13H2,1H3/t15-/m0/s1. The SMILES string of the molecule is CN(C[C@H](O)COc1ccccc1)C1CCCCC1. The highest BCUT2D eigenvalue weighted by Crippen LogP contribution is 2.21. The summed E-state index contributed by atoms with van der Waals surface area (Å²) in [5.74, 6) is 0.821. The maximum atomic E-state index is 10.0. The van der Waals surface area contributed by atoms with Crippen LogP contribution in [0.25, 0.3) is 0 Å². The average molecular weight is 263 g/mol. The van der Waals surface area contributed by atoms with Gasteiger partial charge in [0, 0.05) is 12.6 Å². The number of aliphatic hydroxyl groups is 1. The monoisotopic (exact) mass is 263 g/mol. The van der Waals surface area contributed by atoms with Gasteiger partial charge in [0.1, 0.15) is 18.5 Å². The third kappa shape index (κ3) is 4.84. The summed E-state index contributed by atoms with van der Waals surface area (Å²) < 4.78 is 5.58. The van der Waals surface area contributed by atoms with Gasteiger partial charge in [0.05, 0.1) is 0 Å². The predicted molar refractivity (Wildman–Crippen MR) is 77.4 cm³/mol. The van der Waals surface area contributed by atoms with Gasteiger partial charge in [-0.2, -0.15) is 0 Å². The van der Waals surface area contributed by atoms with E-state index in [0.29, 0.717) is 19.2 Å². The Balaban J connectivity index is 1.70. The van der Waals surface area contributed by atoms with E-state index < -0.39 is 6.10 Å². The third-order valence-electron chi connectivity index (χ3n) is 3.88. The number of nitrogens with zero attached hydrogens (tertiary/aromatic N) is 1. The molecule has 0 aromatic heterocycles. The highest BCUT2D eigenvalue weighted by molar-refractivity contribution is 5.20. The Kier molecular flexibility index (Phi) is 5.67. The van der Waals surface area contributed by atoms with Crippen molar-refractivity contribution in [1.29, 1.82) is 0 Å². The second kappa shape index (κ2) is 7.51. The molecule has 1 aromatic rings. The Labute approximate surface area is 116 Å². The van der Waals surface area contributed by atoms with E-state index in [1.54, 1.807) is 0 Å². The number of benzene rings is 1. The lowest BCUT2D eigenvalue weighted by Gasteiger charge is -2.32. The van der Waals surface area contributed by atoms with Crippen LogP contribution in [-0.2, 0) is 0 Å². The summed E-state index contributed by atoms with van der Waals surface area (Å²) in [6.07, 6.45) is 6.12. The Hall–Kier alpha value is -1.06. The molecule has 0 saturated heterocycles.